The molecule has 5 nitrogen and oxygen atoms in total. The number of aromatic nitrogens is 1. The van der Waals surface area contributed by atoms with Crippen LogP contribution in [0.3, 0.4) is 0 Å². The van der Waals surface area contributed by atoms with Crippen LogP contribution in [0.4, 0.5) is 0 Å². The molecule has 0 atom stereocenters. The molecule has 1 aromatic heterocycles. The highest BCUT2D eigenvalue weighted by molar-refractivity contribution is 7.53. The first-order valence-electron chi connectivity index (χ1n) is 7.65. The first-order chi connectivity index (χ1) is 11.1. The Kier molecular flexibility index (Phi) is 6.78. The van der Waals surface area contributed by atoms with Crippen LogP contribution < -0.4 is 4.74 Å². The number of rotatable bonds is 9. The van der Waals surface area contributed by atoms with Crippen molar-refractivity contribution >= 4 is 7.60 Å². The van der Waals surface area contributed by atoms with E-state index in [1.807, 2.05) is 30.3 Å². The third-order valence-electron chi connectivity index (χ3n) is 3.06. The molecule has 124 valence electrons. The van der Waals surface area contributed by atoms with Crippen molar-refractivity contribution in [1.29, 1.82) is 0 Å². The van der Waals surface area contributed by atoms with E-state index in [0.717, 1.165) is 11.1 Å². The van der Waals surface area contributed by atoms with Crippen LogP contribution in [-0.4, -0.2) is 18.2 Å². The van der Waals surface area contributed by atoms with Crippen LogP contribution in [-0.2, 0) is 26.4 Å². The highest BCUT2D eigenvalue weighted by atomic mass is 31.2. The van der Waals surface area contributed by atoms with Crippen molar-refractivity contribution in [3.05, 3.63) is 59.8 Å². The van der Waals surface area contributed by atoms with Crippen LogP contribution in [0, 0.1) is 0 Å². The van der Waals surface area contributed by atoms with E-state index in [2.05, 4.69) is 4.98 Å². The number of hydrogen-bond acceptors (Lipinski definition) is 5. The zero-order valence-corrected chi connectivity index (χ0v) is 14.4. The highest BCUT2D eigenvalue weighted by Gasteiger charge is 2.24. The summed E-state index contributed by atoms with van der Waals surface area (Å²) in [5.74, 6) is 0.492. The van der Waals surface area contributed by atoms with Crippen molar-refractivity contribution in [1.82, 2.24) is 4.98 Å². The monoisotopic (exact) mass is 335 g/mol. The molecule has 0 saturated heterocycles. The van der Waals surface area contributed by atoms with Gasteiger partial charge < -0.3 is 13.8 Å². The molecule has 2 aromatic rings. The van der Waals surface area contributed by atoms with E-state index in [9.17, 15) is 4.57 Å². The van der Waals surface area contributed by atoms with Gasteiger partial charge in [0.05, 0.1) is 19.4 Å². The van der Waals surface area contributed by atoms with Crippen molar-refractivity contribution in [2.45, 2.75) is 26.6 Å². The van der Waals surface area contributed by atoms with Crippen LogP contribution in [0.5, 0.6) is 5.88 Å². The minimum absolute atomic E-state index is 0.207. The van der Waals surface area contributed by atoms with E-state index in [1.165, 1.54) is 0 Å². The normalized spacial score (nSPS) is 11.4. The number of hydrogen-bond donors (Lipinski definition) is 0. The first-order valence-corrected chi connectivity index (χ1v) is 9.38. The molecular formula is C17H22NO4P. The molecule has 0 aliphatic carbocycles. The average molecular weight is 335 g/mol. The van der Waals surface area contributed by atoms with Crippen LogP contribution >= 0.6 is 7.60 Å². The maximum absolute atomic E-state index is 12.6. The van der Waals surface area contributed by atoms with Gasteiger partial charge in [-0.2, -0.15) is 0 Å². The molecule has 0 bridgehead atoms. The Bertz CT molecular complexity index is 638. The van der Waals surface area contributed by atoms with Crippen LogP contribution in [0.25, 0.3) is 0 Å². The summed E-state index contributed by atoms with van der Waals surface area (Å²) in [7, 11) is -3.12. The van der Waals surface area contributed by atoms with E-state index in [4.69, 9.17) is 13.8 Å². The summed E-state index contributed by atoms with van der Waals surface area (Å²) in [6, 6.07) is 13.4. The molecule has 0 spiro atoms. The van der Waals surface area contributed by atoms with Gasteiger partial charge in [-0.15, -0.1) is 0 Å². The van der Waals surface area contributed by atoms with E-state index in [-0.39, 0.29) is 6.16 Å². The Morgan fingerprint density at radius 3 is 2.35 bits per heavy atom. The highest BCUT2D eigenvalue weighted by Crippen LogP contribution is 2.51. The summed E-state index contributed by atoms with van der Waals surface area (Å²) in [4.78, 5) is 4.18. The van der Waals surface area contributed by atoms with Crippen LogP contribution in [0.15, 0.2) is 48.7 Å². The molecule has 6 heteroatoms. The molecule has 0 aliphatic heterocycles. The Hall–Kier alpha value is -1.68. The van der Waals surface area contributed by atoms with E-state index < -0.39 is 7.60 Å². The molecule has 0 unspecified atom stereocenters. The number of pyridine rings is 1. The van der Waals surface area contributed by atoms with Gasteiger partial charge in [0, 0.05) is 12.3 Å². The lowest BCUT2D eigenvalue weighted by Crippen LogP contribution is -2.01. The minimum Gasteiger partial charge on any atom is -0.473 e. The second kappa shape index (κ2) is 8.82. The molecule has 0 N–H and O–H groups in total. The lowest BCUT2D eigenvalue weighted by Gasteiger charge is -2.17. The fourth-order valence-electron chi connectivity index (χ4n) is 2.10. The van der Waals surface area contributed by atoms with Crippen molar-refractivity contribution in [3.63, 3.8) is 0 Å². The van der Waals surface area contributed by atoms with Crippen LogP contribution in [0.2, 0.25) is 0 Å². The molecule has 0 radical (unpaired) electrons. The number of nitrogens with zero attached hydrogens (tertiary/aromatic N) is 1. The molecule has 23 heavy (non-hydrogen) atoms. The van der Waals surface area contributed by atoms with Crippen LogP contribution in [0.1, 0.15) is 25.0 Å². The summed E-state index contributed by atoms with van der Waals surface area (Å²) in [5, 5.41) is 0. The Labute approximate surface area is 137 Å². The second-order valence-corrected chi connectivity index (χ2v) is 6.94. The van der Waals surface area contributed by atoms with Gasteiger partial charge in [0.15, 0.2) is 0 Å². The van der Waals surface area contributed by atoms with Crippen molar-refractivity contribution in [2.75, 3.05) is 13.2 Å². The topological polar surface area (TPSA) is 57.7 Å². The maximum atomic E-state index is 12.6. The molecule has 0 saturated carbocycles. The summed E-state index contributed by atoms with van der Waals surface area (Å²) in [6.45, 7) is 4.73. The zero-order valence-electron chi connectivity index (χ0n) is 13.5. The molecule has 2 rings (SSSR count). The lowest BCUT2D eigenvalue weighted by molar-refractivity contribution is 0.219. The fraction of sp³-hybridized carbons (Fsp3) is 0.353. The third kappa shape index (κ3) is 5.79. The lowest BCUT2D eigenvalue weighted by atomic mass is 10.2. The molecule has 0 aliphatic rings. The zero-order chi connectivity index (χ0) is 16.5. The minimum atomic E-state index is -3.12. The molecule has 0 fully saturated rings. The van der Waals surface area contributed by atoms with Gasteiger partial charge >= 0.3 is 7.60 Å². The van der Waals surface area contributed by atoms with Gasteiger partial charge in [0.2, 0.25) is 5.88 Å². The van der Waals surface area contributed by atoms with E-state index >= 15 is 0 Å². The fourth-order valence-corrected chi connectivity index (χ4v) is 3.79. The Morgan fingerprint density at radius 2 is 1.70 bits per heavy atom. The molecule has 1 heterocycles. The standard InChI is InChI=1S/C17H22NO4P/c1-3-21-23(19,22-4-2)14-16-10-11-18-17(12-16)20-13-15-8-6-5-7-9-15/h5-12H,3-4,13-14H2,1-2H3. The molecule has 0 amide bonds. The molecule has 1 aromatic carbocycles. The van der Waals surface area contributed by atoms with Gasteiger partial charge in [0.25, 0.3) is 0 Å². The van der Waals surface area contributed by atoms with Gasteiger partial charge in [-0.25, -0.2) is 4.98 Å². The largest absolute Gasteiger partial charge is 0.473 e. The van der Waals surface area contributed by atoms with Crippen molar-refractivity contribution < 1.29 is 18.3 Å². The summed E-state index contributed by atoms with van der Waals surface area (Å²) in [6.07, 6.45) is 1.84. The van der Waals surface area contributed by atoms with Gasteiger partial charge in [-0.3, -0.25) is 4.57 Å². The summed E-state index contributed by atoms with van der Waals surface area (Å²) in [5.41, 5.74) is 1.88. The number of benzene rings is 1. The average Bonchev–Trinajstić information content (AvgIpc) is 2.54. The molecular weight excluding hydrogens is 313 g/mol. The van der Waals surface area contributed by atoms with E-state index in [0.29, 0.717) is 25.7 Å². The van der Waals surface area contributed by atoms with Gasteiger partial charge in [0.1, 0.15) is 6.61 Å². The summed E-state index contributed by atoms with van der Waals surface area (Å²) < 4.78 is 28.9. The predicted molar refractivity (Wildman–Crippen MR) is 89.6 cm³/mol. The SMILES string of the molecule is CCOP(=O)(Cc1ccnc(OCc2ccccc2)c1)OCC. The predicted octanol–water partition coefficient (Wildman–Crippen LogP) is 4.43. The Morgan fingerprint density at radius 1 is 1.00 bits per heavy atom. The van der Waals surface area contributed by atoms with Gasteiger partial charge in [-0.05, 0) is 31.0 Å². The first kappa shape index (κ1) is 17.7. The summed E-state index contributed by atoms with van der Waals surface area (Å²) >= 11 is 0. The quantitative estimate of drug-likeness (QED) is 0.635. The second-order valence-electron chi connectivity index (χ2n) is 4.88. The van der Waals surface area contributed by atoms with E-state index in [1.54, 1.807) is 32.2 Å². The van der Waals surface area contributed by atoms with Crippen molar-refractivity contribution in [3.8, 4) is 5.88 Å². The third-order valence-corrected chi connectivity index (χ3v) is 5.11. The smallest absolute Gasteiger partial charge is 0.335 e. The van der Waals surface area contributed by atoms with Gasteiger partial charge in [-0.1, -0.05) is 30.3 Å². The van der Waals surface area contributed by atoms with Crippen molar-refractivity contribution in [2.24, 2.45) is 0 Å². The Balaban J connectivity index is 2.02. The number of ether oxygens (including phenoxy) is 1. The maximum Gasteiger partial charge on any atom is 0.335 e.